The number of benzene rings is 1. The average Bonchev–Trinajstić information content (AvgIpc) is 2.49. The molecule has 0 radical (unpaired) electrons. The van der Waals surface area contributed by atoms with E-state index in [0.717, 1.165) is 32.7 Å². The lowest BCUT2D eigenvalue weighted by Crippen LogP contribution is -2.50. The van der Waals surface area contributed by atoms with Gasteiger partial charge in [0, 0.05) is 31.9 Å². The molecule has 0 aromatic heterocycles. The SMILES string of the molecule is CCCCN1CCN(C(=O)Nc2ccc(Cl)c(Cl)c2)CC1. The van der Waals surface area contributed by atoms with Gasteiger partial charge in [-0.3, -0.25) is 4.90 Å². The minimum atomic E-state index is -0.0801. The van der Waals surface area contributed by atoms with Gasteiger partial charge in [0.2, 0.25) is 0 Å². The Morgan fingerprint density at radius 2 is 1.90 bits per heavy atom. The van der Waals surface area contributed by atoms with E-state index < -0.39 is 0 Å². The van der Waals surface area contributed by atoms with Crippen molar-refractivity contribution >= 4 is 34.9 Å². The van der Waals surface area contributed by atoms with Crippen molar-refractivity contribution in [3.05, 3.63) is 28.2 Å². The maximum absolute atomic E-state index is 12.2. The molecule has 1 aromatic rings. The van der Waals surface area contributed by atoms with Gasteiger partial charge < -0.3 is 10.2 Å². The number of hydrogen-bond acceptors (Lipinski definition) is 2. The number of hydrogen-bond donors (Lipinski definition) is 1. The summed E-state index contributed by atoms with van der Waals surface area (Å²) in [7, 11) is 0. The molecule has 1 N–H and O–H groups in total. The zero-order valence-electron chi connectivity index (χ0n) is 12.2. The Balaban J connectivity index is 1.83. The molecular formula is C15H21Cl2N3O. The van der Waals surface area contributed by atoms with Crippen LogP contribution in [0.1, 0.15) is 19.8 Å². The van der Waals surface area contributed by atoms with Crippen LogP contribution in [-0.4, -0.2) is 48.6 Å². The first kappa shape index (κ1) is 16.4. The molecule has 0 spiro atoms. The fourth-order valence-corrected chi connectivity index (χ4v) is 2.63. The molecule has 1 aromatic carbocycles. The second-order valence-corrected chi connectivity index (χ2v) is 6.06. The van der Waals surface area contributed by atoms with Crippen LogP contribution in [0.15, 0.2) is 18.2 Å². The summed E-state index contributed by atoms with van der Waals surface area (Å²) in [6, 6.07) is 5.02. The third-order valence-electron chi connectivity index (χ3n) is 3.66. The molecule has 6 heteroatoms. The molecule has 0 bridgehead atoms. The molecule has 1 heterocycles. The van der Waals surface area contributed by atoms with E-state index in [4.69, 9.17) is 23.2 Å². The van der Waals surface area contributed by atoms with Crippen molar-refractivity contribution in [3.8, 4) is 0 Å². The number of urea groups is 1. The van der Waals surface area contributed by atoms with Crippen molar-refractivity contribution in [1.82, 2.24) is 9.80 Å². The highest BCUT2D eigenvalue weighted by Crippen LogP contribution is 2.25. The standard InChI is InChI=1S/C15H21Cl2N3O/c1-2-3-6-19-7-9-20(10-8-19)15(21)18-12-4-5-13(16)14(17)11-12/h4-5,11H,2-3,6-10H2,1H3,(H,18,21). The molecular weight excluding hydrogens is 309 g/mol. The molecule has 1 aliphatic heterocycles. The number of unbranched alkanes of at least 4 members (excludes halogenated alkanes) is 1. The third kappa shape index (κ3) is 4.77. The maximum Gasteiger partial charge on any atom is 0.321 e. The molecule has 2 rings (SSSR count). The zero-order valence-corrected chi connectivity index (χ0v) is 13.8. The minimum absolute atomic E-state index is 0.0801. The third-order valence-corrected chi connectivity index (χ3v) is 4.40. The first-order chi connectivity index (χ1) is 10.1. The maximum atomic E-state index is 12.2. The molecule has 0 unspecified atom stereocenters. The Morgan fingerprint density at radius 3 is 2.52 bits per heavy atom. The number of nitrogens with zero attached hydrogens (tertiary/aromatic N) is 2. The molecule has 116 valence electrons. The lowest BCUT2D eigenvalue weighted by atomic mass is 10.2. The monoisotopic (exact) mass is 329 g/mol. The number of anilines is 1. The van der Waals surface area contributed by atoms with Crippen molar-refractivity contribution in [3.63, 3.8) is 0 Å². The quantitative estimate of drug-likeness (QED) is 0.907. The van der Waals surface area contributed by atoms with Crippen LogP contribution in [-0.2, 0) is 0 Å². The van der Waals surface area contributed by atoms with Gasteiger partial charge in [-0.15, -0.1) is 0 Å². The summed E-state index contributed by atoms with van der Waals surface area (Å²) in [6.45, 7) is 6.72. The van der Waals surface area contributed by atoms with Crippen molar-refractivity contribution in [2.24, 2.45) is 0 Å². The van der Waals surface area contributed by atoms with Crippen LogP contribution < -0.4 is 5.32 Å². The van der Waals surface area contributed by atoms with E-state index in [0.29, 0.717) is 15.7 Å². The van der Waals surface area contributed by atoms with Crippen LogP contribution in [0, 0.1) is 0 Å². The summed E-state index contributed by atoms with van der Waals surface area (Å²) in [4.78, 5) is 16.5. The van der Waals surface area contributed by atoms with Gasteiger partial charge in [-0.1, -0.05) is 36.5 Å². The van der Waals surface area contributed by atoms with Crippen molar-refractivity contribution in [2.45, 2.75) is 19.8 Å². The lowest BCUT2D eigenvalue weighted by molar-refractivity contribution is 0.146. The Morgan fingerprint density at radius 1 is 1.19 bits per heavy atom. The summed E-state index contributed by atoms with van der Waals surface area (Å²) < 4.78 is 0. The normalized spacial score (nSPS) is 16.0. The molecule has 2 amide bonds. The molecule has 0 atom stereocenters. The fourth-order valence-electron chi connectivity index (χ4n) is 2.33. The van der Waals surface area contributed by atoms with Crippen LogP contribution in [0.4, 0.5) is 10.5 Å². The number of carbonyl (C=O) groups excluding carboxylic acids is 1. The molecule has 4 nitrogen and oxygen atoms in total. The van der Waals surface area contributed by atoms with Crippen molar-refractivity contribution < 1.29 is 4.79 Å². The van der Waals surface area contributed by atoms with E-state index in [-0.39, 0.29) is 6.03 Å². The van der Waals surface area contributed by atoms with E-state index in [1.807, 2.05) is 4.90 Å². The van der Waals surface area contributed by atoms with E-state index in [1.54, 1.807) is 18.2 Å². The highest BCUT2D eigenvalue weighted by molar-refractivity contribution is 6.42. The highest BCUT2D eigenvalue weighted by atomic mass is 35.5. The van der Waals surface area contributed by atoms with Crippen LogP contribution in [0.3, 0.4) is 0 Å². The van der Waals surface area contributed by atoms with E-state index in [1.165, 1.54) is 12.8 Å². The van der Waals surface area contributed by atoms with Gasteiger partial charge in [0.15, 0.2) is 0 Å². The van der Waals surface area contributed by atoms with Crippen LogP contribution in [0.2, 0.25) is 10.0 Å². The number of carbonyl (C=O) groups is 1. The Labute approximate surface area is 136 Å². The van der Waals surface area contributed by atoms with E-state index >= 15 is 0 Å². The lowest BCUT2D eigenvalue weighted by Gasteiger charge is -2.34. The number of rotatable bonds is 4. The molecule has 0 aliphatic carbocycles. The number of amides is 2. The largest absolute Gasteiger partial charge is 0.322 e. The predicted molar refractivity (Wildman–Crippen MR) is 88.4 cm³/mol. The van der Waals surface area contributed by atoms with Gasteiger partial charge in [0.05, 0.1) is 10.0 Å². The van der Waals surface area contributed by atoms with Crippen molar-refractivity contribution in [1.29, 1.82) is 0 Å². The second-order valence-electron chi connectivity index (χ2n) is 5.24. The van der Waals surface area contributed by atoms with E-state index in [9.17, 15) is 4.79 Å². The average molecular weight is 330 g/mol. The summed E-state index contributed by atoms with van der Waals surface area (Å²) in [5, 5.41) is 3.79. The molecule has 21 heavy (non-hydrogen) atoms. The molecule has 1 aliphatic rings. The van der Waals surface area contributed by atoms with Gasteiger partial charge in [-0.2, -0.15) is 0 Å². The van der Waals surface area contributed by atoms with Gasteiger partial charge in [-0.25, -0.2) is 4.79 Å². The van der Waals surface area contributed by atoms with Crippen LogP contribution >= 0.6 is 23.2 Å². The first-order valence-corrected chi connectivity index (χ1v) is 8.09. The summed E-state index contributed by atoms with van der Waals surface area (Å²) in [6.07, 6.45) is 2.42. The molecule has 0 saturated carbocycles. The minimum Gasteiger partial charge on any atom is -0.322 e. The summed E-state index contributed by atoms with van der Waals surface area (Å²) in [5.74, 6) is 0. The first-order valence-electron chi connectivity index (χ1n) is 7.33. The number of nitrogens with one attached hydrogen (secondary N) is 1. The highest BCUT2D eigenvalue weighted by Gasteiger charge is 2.20. The zero-order chi connectivity index (χ0) is 15.2. The van der Waals surface area contributed by atoms with Gasteiger partial charge >= 0.3 is 6.03 Å². The fraction of sp³-hybridized carbons (Fsp3) is 0.533. The van der Waals surface area contributed by atoms with Gasteiger partial charge in [0.1, 0.15) is 0 Å². The summed E-state index contributed by atoms with van der Waals surface area (Å²) in [5.41, 5.74) is 0.669. The number of halogens is 2. The predicted octanol–water partition coefficient (Wildman–Crippen LogP) is 3.94. The Hall–Kier alpha value is -0.970. The second kappa shape index (κ2) is 7.87. The smallest absolute Gasteiger partial charge is 0.321 e. The van der Waals surface area contributed by atoms with E-state index in [2.05, 4.69) is 17.1 Å². The number of piperazine rings is 1. The van der Waals surface area contributed by atoms with Crippen LogP contribution in [0.5, 0.6) is 0 Å². The molecule has 1 saturated heterocycles. The van der Waals surface area contributed by atoms with Crippen molar-refractivity contribution in [2.75, 3.05) is 38.0 Å². The Kier molecular flexibility index (Phi) is 6.15. The van der Waals surface area contributed by atoms with Crippen LogP contribution in [0.25, 0.3) is 0 Å². The molecule has 1 fully saturated rings. The summed E-state index contributed by atoms with van der Waals surface area (Å²) >= 11 is 11.8. The van der Waals surface area contributed by atoms with Gasteiger partial charge in [0.25, 0.3) is 0 Å². The topological polar surface area (TPSA) is 35.6 Å². The Bertz CT molecular complexity index is 488. The van der Waals surface area contributed by atoms with Gasteiger partial charge in [-0.05, 0) is 31.2 Å².